The van der Waals surface area contributed by atoms with Crippen LogP contribution in [-0.4, -0.2) is 40.4 Å². The van der Waals surface area contributed by atoms with Crippen LogP contribution >= 0.6 is 0 Å². The predicted molar refractivity (Wildman–Crippen MR) is 81.0 cm³/mol. The number of rotatable bonds is 3. The van der Waals surface area contributed by atoms with Crippen LogP contribution in [0.2, 0.25) is 0 Å². The molecule has 6 heteroatoms. The van der Waals surface area contributed by atoms with Crippen molar-refractivity contribution in [1.82, 2.24) is 10.2 Å². The van der Waals surface area contributed by atoms with Gasteiger partial charge in [-0.25, -0.2) is 0 Å². The summed E-state index contributed by atoms with van der Waals surface area (Å²) in [7, 11) is 0. The molecule has 1 aromatic rings. The van der Waals surface area contributed by atoms with Gasteiger partial charge in [-0.05, 0) is 18.1 Å². The molecule has 4 unspecified atom stereocenters. The molecule has 2 fully saturated rings. The van der Waals surface area contributed by atoms with Crippen molar-refractivity contribution in [2.24, 2.45) is 11.8 Å². The lowest BCUT2D eigenvalue weighted by molar-refractivity contribution is -0.145. The van der Waals surface area contributed by atoms with Crippen molar-refractivity contribution in [3.05, 3.63) is 35.4 Å². The van der Waals surface area contributed by atoms with Gasteiger partial charge < -0.3 is 5.11 Å². The fourth-order valence-corrected chi connectivity index (χ4v) is 3.57. The molecule has 23 heavy (non-hydrogen) atoms. The molecule has 0 aromatic heterocycles. The van der Waals surface area contributed by atoms with E-state index in [9.17, 15) is 19.5 Å². The van der Waals surface area contributed by atoms with Gasteiger partial charge in [0.05, 0.1) is 18.4 Å². The molecule has 0 spiro atoms. The molecular formula is C17H16N2O4. The molecular weight excluding hydrogens is 296 g/mol. The van der Waals surface area contributed by atoms with E-state index in [1.165, 1.54) is 0 Å². The number of aliphatic carboxylic acids is 1. The first-order valence-corrected chi connectivity index (χ1v) is 7.30. The highest BCUT2D eigenvalue weighted by Crippen LogP contribution is 2.44. The van der Waals surface area contributed by atoms with Gasteiger partial charge in [-0.2, -0.15) is 0 Å². The summed E-state index contributed by atoms with van der Waals surface area (Å²) >= 11 is 0. The van der Waals surface area contributed by atoms with Crippen molar-refractivity contribution in [3.8, 4) is 12.3 Å². The topological polar surface area (TPSA) is 86.7 Å². The minimum absolute atomic E-state index is 0.127. The average Bonchev–Trinajstić information content (AvgIpc) is 3.01. The van der Waals surface area contributed by atoms with Gasteiger partial charge in [0.25, 0.3) is 0 Å². The highest BCUT2D eigenvalue weighted by Gasteiger charge is 2.60. The lowest BCUT2D eigenvalue weighted by Crippen LogP contribution is -2.43. The van der Waals surface area contributed by atoms with Gasteiger partial charge in [-0.1, -0.05) is 30.2 Å². The van der Waals surface area contributed by atoms with Crippen molar-refractivity contribution in [3.63, 3.8) is 0 Å². The Hall–Kier alpha value is -2.65. The second-order valence-electron chi connectivity index (χ2n) is 5.84. The SMILES string of the molecule is C#CCN1C(=O)C2C(C(=O)O)NC(c3ccccc3C)C2C1=O. The van der Waals surface area contributed by atoms with Crippen LogP contribution in [0.1, 0.15) is 17.2 Å². The number of benzene rings is 1. The minimum Gasteiger partial charge on any atom is -0.480 e. The maximum absolute atomic E-state index is 12.6. The number of aryl methyl sites for hydroxylation is 1. The summed E-state index contributed by atoms with van der Waals surface area (Å²) in [4.78, 5) is 37.6. The van der Waals surface area contributed by atoms with Crippen LogP contribution in [-0.2, 0) is 14.4 Å². The van der Waals surface area contributed by atoms with Gasteiger partial charge in [-0.15, -0.1) is 6.42 Å². The average molecular weight is 312 g/mol. The van der Waals surface area contributed by atoms with E-state index >= 15 is 0 Å². The Kier molecular flexibility index (Phi) is 3.66. The molecule has 6 nitrogen and oxygen atoms in total. The number of hydrogen-bond acceptors (Lipinski definition) is 4. The van der Waals surface area contributed by atoms with Crippen LogP contribution in [0.3, 0.4) is 0 Å². The van der Waals surface area contributed by atoms with Crippen molar-refractivity contribution in [2.45, 2.75) is 19.0 Å². The number of carboxylic acids is 1. The van der Waals surface area contributed by atoms with E-state index in [1.54, 1.807) is 0 Å². The molecule has 4 atom stereocenters. The van der Waals surface area contributed by atoms with E-state index in [-0.39, 0.29) is 6.54 Å². The highest BCUT2D eigenvalue weighted by atomic mass is 16.4. The second kappa shape index (κ2) is 5.52. The van der Waals surface area contributed by atoms with Crippen LogP contribution in [0, 0.1) is 31.1 Å². The number of carbonyl (C=O) groups is 3. The molecule has 118 valence electrons. The summed E-state index contributed by atoms with van der Waals surface area (Å²) in [5.41, 5.74) is 1.76. The number of hydrogen-bond donors (Lipinski definition) is 2. The van der Waals surface area contributed by atoms with Crippen LogP contribution < -0.4 is 5.32 Å². The van der Waals surface area contributed by atoms with Gasteiger partial charge in [0, 0.05) is 6.04 Å². The summed E-state index contributed by atoms with van der Waals surface area (Å²) in [5, 5.41) is 12.4. The zero-order chi connectivity index (χ0) is 16.7. The lowest BCUT2D eigenvalue weighted by atomic mass is 9.85. The van der Waals surface area contributed by atoms with E-state index in [1.807, 2.05) is 31.2 Å². The third kappa shape index (κ3) is 2.21. The first-order valence-electron chi connectivity index (χ1n) is 7.30. The maximum Gasteiger partial charge on any atom is 0.321 e. The monoisotopic (exact) mass is 312 g/mol. The number of likely N-dealkylation sites (tertiary alicyclic amines) is 1. The molecule has 3 rings (SSSR count). The molecule has 2 heterocycles. The van der Waals surface area contributed by atoms with Crippen LogP contribution in [0.25, 0.3) is 0 Å². The predicted octanol–water partition coefficient (Wildman–Crippen LogP) is 0.327. The largest absolute Gasteiger partial charge is 0.480 e. The van der Waals surface area contributed by atoms with Gasteiger partial charge >= 0.3 is 5.97 Å². The third-order valence-electron chi connectivity index (χ3n) is 4.61. The van der Waals surface area contributed by atoms with Gasteiger partial charge in [-0.3, -0.25) is 24.6 Å². The Morgan fingerprint density at radius 1 is 1.30 bits per heavy atom. The maximum atomic E-state index is 12.6. The number of fused-ring (bicyclic) bond motifs is 1. The number of carbonyl (C=O) groups excluding carboxylic acids is 2. The first-order chi connectivity index (χ1) is 11.0. The van der Waals surface area contributed by atoms with Crippen molar-refractivity contribution >= 4 is 17.8 Å². The molecule has 0 aliphatic carbocycles. The highest BCUT2D eigenvalue weighted by molar-refractivity contribution is 6.08. The zero-order valence-electron chi connectivity index (χ0n) is 12.5. The summed E-state index contributed by atoms with van der Waals surface area (Å²) < 4.78 is 0. The van der Waals surface area contributed by atoms with E-state index in [4.69, 9.17) is 6.42 Å². The molecule has 1 aromatic carbocycles. The van der Waals surface area contributed by atoms with Crippen LogP contribution in [0.15, 0.2) is 24.3 Å². The Bertz CT molecular complexity index is 736. The van der Waals surface area contributed by atoms with Crippen molar-refractivity contribution < 1.29 is 19.5 Å². The van der Waals surface area contributed by atoms with Crippen LogP contribution in [0.4, 0.5) is 0 Å². The Labute approximate surface area is 133 Å². The molecule has 0 saturated carbocycles. The lowest BCUT2D eigenvalue weighted by Gasteiger charge is -2.21. The molecule has 2 aliphatic rings. The zero-order valence-corrected chi connectivity index (χ0v) is 12.5. The Morgan fingerprint density at radius 3 is 2.57 bits per heavy atom. The van der Waals surface area contributed by atoms with E-state index in [2.05, 4.69) is 11.2 Å². The number of amides is 2. The van der Waals surface area contributed by atoms with E-state index in [0.717, 1.165) is 16.0 Å². The fourth-order valence-electron chi connectivity index (χ4n) is 3.57. The number of nitrogens with zero attached hydrogens (tertiary/aromatic N) is 1. The second-order valence-corrected chi connectivity index (χ2v) is 5.84. The third-order valence-corrected chi connectivity index (χ3v) is 4.61. The summed E-state index contributed by atoms with van der Waals surface area (Å²) in [6, 6.07) is 5.82. The molecule has 2 amide bonds. The number of carboxylic acid groups (broad SMARTS) is 1. The van der Waals surface area contributed by atoms with E-state index < -0.39 is 41.7 Å². The van der Waals surface area contributed by atoms with Gasteiger partial charge in [0.1, 0.15) is 6.04 Å². The molecule has 0 bridgehead atoms. The van der Waals surface area contributed by atoms with E-state index in [0.29, 0.717) is 0 Å². The fraction of sp³-hybridized carbons (Fsp3) is 0.353. The minimum atomic E-state index is -1.14. The standard InChI is InChI=1S/C17H16N2O4/c1-3-8-19-15(20)11-12(16(19)21)14(17(22)23)18-13(11)10-7-5-4-6-9(10)2/h1,4-7,11-14,18H,8H2,2H3,(H,22,23). The number of nitrogens with one attached hydrogen (secondary N) is 1. The normalized spacial score (nSPS) is 29.5. The number of terminal acetylenes is 1. The van der Waals surface area contributed by atoms with Gasteiger partial charge in [0.15, 0.2) is 0 Å². The molecule has 2 aliphatic heterocycles. The summed E-state index contributed by atoms with van der Waals surface area (Å²) in [6.07, 6.45) is 5.22. The molecule has 0 radical (unpaired) electrons. The first kappa shape index (κ1) is 15.3. The molecule has 2 N–H and O–H groups in total. The Balaban J connectivity index is 2.06. The number of imide groups is 1. The van der Waals surface area contributed by atoms with Gasteiger partial charge in [0.2, 0.25) is 11.8 Å². The van der Waals surface area contributed by atoms with Crippen molar-refractivity contribution in [2.75, 3.05) is 6.54 Å². The van der Waals surface area contributed by atoms with Crippen LogP contribution in [0.5, 0.6) is 0 Å². The molecule has 2 saturated heterocycles. The smallest absolute Gasteiger partial charge is 0.321 e. The van der Waals surface area contributed by atoms with Crippen molar-refractivity contribution in [1.29, 1.82) is 0 Å². The Morgan fingerprint density at radius 2 is 1.96 bits per heavy atom. The quantitative estimate of drug-likeness (QED) is 0.620. The summed E-state index contributed by atoms with van der Waals surface area (Å²) in [5.74, 6) is -1.42. The summed E-state index contributed by atoms with van der Waals surface area (Å²) in [6.45, 7) is 1.76.